The van der Waals surface area contributed by atoms with Crippen molar-refractivity contribution in [3.63, 3.8) is 0 Å². The van der Waals surface area contributed by atoms with Crippen LogP contribution >= 0.6 is 46.3 Å². The van der Waals surface area contributed by atoms with E-state index in [4.69, 9.17) is 42.1 Å². The van der Waals surface area contributed by atoms with Gasteiger partial charge in [0, 0.05) is 21.4 Å². The number of aliphatic hydroxyl groups excluding tert-OH is 1. The molecule has 2 aliphatic rings. The highest BCUT2D eigenvalue weighted by atomic mass is 35.5. The van der Waals surface area contributed by atoms with Crippen LogP contribution in [0.2, 0.25) is 10.0 Å². The highest BCUT2D eigenvalue weighted by Gasteiger charge is 2.48. The normalized spacial score (nSPS) is 16.9. The van der Waals surface area contributed by atoms with Crippen molar-refractivity contribution in [3.05, 3.63) is 86.9 Å². The van der Waals surface area contributed by atoms with E-state index in [1.807, 2.05) is 19.9 Å². The van der Waals surface area contributed by atoms with Crippen LogP contribution in [0.15, 0.2) is 64.5 Å². The number of thioether (sulfide) groups is 1. The van der Waals surface area contributed by atoms with Gasteiger partial charge in [0.2, 0.25) is 5.13 Å². The van der Waals surface area contributed by atoms with E-state index in [0.29, 0.717) is 80.7 Å². The van der Waals surface area contributed by atoms with Crippen LogP contribution in [0.3, 0.4) is 0 Å². The molecule has 1 unspecified atom stereocenters. The number of ketones is 1. The van der Waals surface area contributed by atoms with Crippen molar-refractivity contribution in [2.24, 2.45) is 0 Å². The third kappa shape index (κ3) is 6.87. The molecular formula is C33H29Cl2N3O7S2. The lowest BCUT2D eigenvalue weighted by molar-refractivity contribution is -0.132. The fourth-order valence-electron chi connectivity index (χ4n) is 5.12. The summed E-state index contributed by atoms with van der Waals surface area (Å²) in [4.78, 5) is 28.8. The fourth-order valence-corrected chi connectivity index (χ4v) is 7.55. The van der Waals surface area contributed by atoms with Crippen LogP contribution in [0.4, 0.5) is 5.13 Å². The van der Waals surface area contributed by atoms with Gasteiger partial charge in [-0.25, -0.2) is 0 Å². The minimum absolute atomic E-state index is 0.117. The number of hydrogen-bond acceptors (Lipinski definition) is 11. The van der Waals surface area contributed by atoms with E-state index < -0.39 is 17.7 Å². The summed E-state index contributed by atoms with van der Waals surface area (Å²) in [5, 5.41) is 21.5. The lowest BCUT2D eigenvalue weighted by atomic mass is 9.95. The first kappa shape index (κ1) is 33.0. The second-order valence-corrected chi connectivity index (χ2v) is 13.4. The molecular weight excluding hydrogens is 685 g/mol. The average Bonchev–Trinajstić information content (AvgIpc) is 3.64. The van der Waals surface area contributed by atoms with Crippen molar-refractivity contribution in [2.75, 3.05) is 31.3 Å². The van der Waals surface area contributed by atoms with Gasteiger partial charge in [-0.15, -0.1) is 10.2 Å². The van der Waals surface area contributed by atoms with Crippen LogP contribution < -0.4 is 23.8 Å². The fraction of sp³-hybridized carbons (Fsp3) is 0.273. The lowest BCUT2D eigenvalue weighted by Crippen LogP contribution is -2.29. The summed E-state index contributed by atoms with van der Waals surface area (Å²) in [6.45, 7) is 5.43. The number of aromatic nitrogens is 2. The molecule has 1 saturated heterocycles. The standard InChI is InChI=1S/C33H29Cl2N3O7S2/c1-3-11-43-23-9-6-18(14-25(23)42-4-2)28-27(29(39)19-7-10-24-26(15-19)45-13-12-44-24)30(40)31(41)38(28)32-36-37-33(47-32)46-17-20-5-8-21(34)16-22(20)35/h5-10,14-16,28,39H,3-4,11-13,17H2,1-2H3/b29-27+. The Bertz CT molecular complexity index is 1870. The summed E-state index contributed by atoms with van der Waals surface area (Å²) in [6.07, 6.45) is 0.796. The van der Waals surface area contributed by atoms with Gasteiger partial charge < -0.3 is 24.1 Å². The minimum atomic E-state index is -1.06. The number of carbonyl (C=O) groups is 2. The van der Waals surface area contributed by atoms with Crippen LogP contribution in [-0.4, -0.2) is 53.4 Å². The third-order valence-corrected chi connectivity index (χ3v) is 9.96. The monoisotopic (exact) mass is 713 g/mol. The Balaban J connectivity index is 1.42. The largest absolute Gasteiger partial charge is 0.507 e. The number of ether oxygens (including phenoxy) is 4. The number of benzene rings is 3. The van der Waals surface area contributed by atoms with Crippen LogP contribution in [-0.2, 0) is 15.3 Å². The molecule has 2 aliphatic heterocycles. The number of rotatable bonds is 11. The van der Waals surface area contributed by atoms with Gasteiger partial charge in [0.25, 0.3) is 5.78 Å². The second kappa shape index (κ2) is 14.4. The Hall–Kier alpha value is -3.97. The molecule has 244 valence electrons. The summed E-state index contributed by atoms with van der Waals surface area (Å²) in [5.74, 6) is 0.299. The molecule has 1 aromatic heterocycles. The number of fused-ring (bicyclic) bond motifs is 1. The van der Waals surface area contributed by atoms with Gasteiger partial charge in [-0.3, -0.25) is 14.5 Å². The molecule has 10 nitrogen and oxygen atoms in total. The van der Waals surface area contributed by atoms with Crippen LogP contribution in [0, 0.1) is 0 Å². The Morgan fingerprint density at radius 1 is 1.00 bits per heavy atom. The average molecular weight is 715 g/mol. The minimum Gasteiger partial charge on any atom is -0.507 e. The zero-order valence-electron chi connectivity index (χ0n) is 25.3. The molecule has 3 aromatic carbocycles. The smallest absolute Gasteiger partial charge is 0.301 e. The van der Waals surface area contributed by atoms with E-state index >= 15 is 0 Å². The topological polar surface area (TPSA) is 120 Å². The number of aliphatic hydroxyl groups is 1. The summed E-state index contributed by atoms with van der Waals surface area (Å²) >= 11 is 14.9. The maximum Gasteiger partial charge on any atom is 0.301 e. The maximum atomic E-state index is 13.8. The highest BCUT2D eigenvalue weighted by molar-refractivity contribution is 8.00. The Kier molecular flexibility index (Phi) is 10.1. The Labute approximate surface area is 289 Å². The van der Waals surface area contributed by atoms with E-state index in [1.165, 1.54) is 16.7 Å². The van der Waals surface area contributed by atoms with Crippen LogP contribution in [0.1, 0.15) is 43.0 Å². The Morgan fingerprint density at radius 2 is 1.81 bits per heavy atom. The molecule has 1 N–H and O–H groups in total. The molecule has 0 aliphatic carbocycles. The van der Waals surface area contributed by atoms with Gasteiger partial charge in [-0.1, -0.05) is 65.4 Å². The molecule has 0 bridgehead atoms. The number of Topliss-reactive ketones (excluding diaryl/α,β-unsaturated/α-hetero) is 1. The number of amides is 1. The van der Waals surface area contributed by atoms with Crippen LogP contribution in [0.25, 0.3) is 5.76 Å². The van der Waals surface area contributed by atoms with E-state index in [9.17, 15) is 14.7 Å². The third-order valence-electron chi connectivity index (χ3n) is 7.27. The quantitative estimate of drug-likeness (QED) is 0.0544. The first-order chi connectivity index (χ1) is 22.8. The molecule has 1 amide bonds. The summed E-state index contributed by atoms with van der Waals surface area (Å²) in [6, 6.07) is 14.2. The number of hydrogen-bond donors (Lipinski definition) is 1. The van der Waals surface area contributed by atoms with E-state index in [1.54, 1.807) is 48.5 Å². The first-order valence-corrected chi connectivity index (χ1v) is 17.4. The number of nitrogens with zero attached hydrogens (tertiary/aromatic N) is 3. The zero-order chi connectivity index (χ0) is 33.1. The van der Waals surface area contributed by atoms with Gasteiger partial charge in [-0.05, 0) is 66.9 Å². The molecule has 0 spiro atoms. The number of halogens is 2. The van der Waals surface area contributed by atoms with Crippen molar-refractivity contribution < 1.29 is 33.6 Å². The maximum absolute atomic E-state index is 13.8. The van der Waals surface area contributed by atoms with Gasteiger partial charge in [0.1, 0.15) is 19.0 Å². The molecule has 47 heavy (non-hydrogen) atoms. The number of anilines is 1. The predicted molar refractivity (Wildman–Crippen MR) is 182 cm³/mol. The van der Waals surface area contributed by atoms with Gasteiger partial charge in [-0.2, -0.15) is 0 Å². The molecule has 1 atom stereocenters. The lowest BCUT2D eigenvalue weighted by Gasteiger charge is -2.24. The molecule has 14 heteroatoms. The van der Waals surface area contributed by atoms with Crippen LogP contribution in [0.5, 0.6) is 23.0 Å². The van der Waals surface area contributed by atoms with Crippen molar-refractivity contribution >= 4 is 68.9 Å². The molecule has 1 fully saturated rings. The molecule has 0 saturated carbocycles. The SMILES string of the molecule is CCCOc1ccc(C2/C(=C(\O)c3ccc4c(c3)OCCO4)C(=O)C(=O)N2c2nnc(SCc3ccc(Cl)cc3Cl)s2)cc1OCC. The molecule has 6 rings (SSSR count). The molecule has 0 radical (unpaired) electrons. The van der Waals surface area contributed by atoms with Crippen molar-refractivity contribution in [2.45, 2.75) is 36.4 Å². The van der Waals surface area contributed by atoms with E-state index in [2.05, 4.69) is 10.2 Å². The van der Waals surface area contributed by atoms with Crippen molar-refractivity contribution in [1.29, 1.82) is 0 Å². The predicted octanol–water partition coefficient (Wildman–Crippen LogP) is 7.72. The van der Waals surface area contributed by atoms with Crippen molar-refractivity contribution in [3.8, 4) is 23.0 Å². The second-order valence-electron chi connectivity index (χ2n) is 10.4. The van der Waals surface area contributed by atoms with Crippen molar-refractivity contribution in [1.82, 2.24) is 10.2 Å². The number of carbonyl (C=O) groups excluding carboxylic acids is 2. The molecule has 3 heterocycles. The summed E-state index contributed by atoms with van der Waals surface area (Å²) in [5.41, 5.74) is 1.53. The van der Waals surface area contributed by atoms with Gasteiger partial charge >= 0.3 is 5.91 Å². The molecule has 4 aromatic rings. The highest BCUT2D eigenvalue weighted by Crippen LogP contribution is 2.46. The van der Waals surface area contributed by atoms with E-state index in [0.717, 1.165) is 23.3 Å². The first-order valence-electron chi connectivity index (χ1n) is 14.8. The summed E-state index contributed by atoms with van der Waals surface area (Å²) < 4.78 is 23.7. The van der Waals surface area contributed by atoms with Gasteiger partial charge in [0.15, 0.2) is 27.3 Å². The zero-order valence-corrected chi connectivity index (χ0v) is 28.5. The van der Waals surface area contributed by atoms with Gasteiger partial charge in [0.05, 0.1) is 24.8 Å². The Morgan fingerprint density at radius 3 is 2.57 bits per heavy atom. The van der Waals surface area contributed by atoms with E-state index in [-0.39, 0.29) is 16.5 Å². The summed E-state index contributed by atoms with van der Waals surface area (Å²) in [7, 11) is 0.